The lowest BCUT2D eigenvalue weighted by Gasteiger charge is -2.30. The van der Waals surface area contributed by atoms with Crippen LogP contribution in [0.5, 0.6) is 0 Å². The van der Waals surface area contributed by atoms with E-state index in [2.05, 4.69) is 17.2 Å². The number of piperidine rings is 1. The number of hydrogen-bond donors (Lipinski definition) is 2. The van der Waals surface area contributed by atoms with Crippen LogP contribution in [0.1, 0.15) is 48.2 Å². The van der Waals surface area contributed by atoms with Gasteiger partial charge in [-0.15, -0.1) is 11.3 Å². The quantitative estimate of drug-likeness (QED) is 0.656. The lowest BCUT2D eigenvalue weighted by Crippen LogP contribution is -2.38. The molecule has 2 rings (SSSR count). The van der Waals surface area contributed by atoms with E-state index in [-0.39, 0.29) is 11.5 Å². The van der Waals surface area contributed by atoms with Gasteiger partial charge in [0.25, 0.3) is 0 Å². The van der Waals surface area contributed by atoms with Crippen molar-refractivity contribution >= 4 is 29.4 Å². The predicted molar refractivity (Wildman–Crippen MR) is 91.9 cm³/mol. The smallest absolute Gasteiger partial charge is 0.348 e. The van der Waals surface area contributed by atoms with Crippen molar-refractivity contribution in [3.8, 4) is 11.8 Å². The predicted octanol–water partition coefficient (Wildman–Crippen LogP) is 2.88. The van der Waals surface area contributed by atoms with E-state index in [1.165, 1.54) is 11.3 Å². The van der Waals surface area contributed by atoms with Crippen molar-refractivity contribution in [3.05, 3.63) is 15.8 Å². The van der Waals surface area contributed by atoms with E-state index in [0.29, 0.717) is 23.7 Å². The van der Waals surface area contributed by atoms with Gasteiger partial charge in [-0.05, 0) is 39.7 Å². The Bertz CT molecular complexity index is 641. The topological polar surface area (TPSA) is 69.6 Å². The molecule has 5 nitrogen and oxygen atoms in total. The summed E-state index contributed by atoms with van der Waals surface area (Å²) < 4.78 is 0. The van der Waals surface area contributed by atoms with E-state index in [1.807, 2.05) is 26.8 Å². The molecule has 1 fully saturated rings. The highest BCUT2D eigenvalue weighted by atomic mass is 32.1. The maximum Gasteiger partial charge on any atom is 0.348 e. The minimum absolute atomic E-state index is 0.122. The van der Waals surface area contributed by atoms with E-state index < -0.39 is 5.97 Å². The molecule has 124 valence electrons. The number of nitrogens with one attached hydrogen (secondary N) is 1. The number of thiophene rings is 1. The first-order chi connectivity index (χ1) is 10.8. The monoisotopic (exact) mass is 334 g/mol. The number of anilines is 1. The standard InChI is InChI=1S/C17H22N2O3S/c1-17(2,3)7-4-13-10-14(15(23-13)16(21)22)18-12-5-8-19(11-20)9-6-12/h10-12,18H,5-6,8-9H2,1-3H3,(H,21,22). The van der Waals surface area contributed by atoms with Crippen LogP contribution in [0.4, 0.5) is 5.69 Å². The van der Waals surface area contributed by atoms with Crippen molar-refractivity contribution in [1.82, 2.24) is 4.90 Å². The van der Waals surface area contributed by atoms with Crippen LogP contribution in [0.3, 0.4) is 0 Å². The van der Waals surface area contributed by atoms with Crippen LogP contribution >= 0.6 is 11.3 Å². The van der Waals surface area contributed by atoms with Crippen LogP contribution in [0.25, 0.3) is 0 Å². The summed E-state index contributed by atoms with van der Waals surface area (Å²) in [6, 6.07) is 2.00. The number of carbonyl (C=O) groups excluding carboxylic acids is 1. The van der Waals surface area contributed by atoms with Gasteiger partial charge in [-0.25, -0.2) is 4.79 Å². The maximum absolute atomic E-state index is 11.4. The largest absolute Gasteiger partial charge is 0.477 e. The fourth-order valence-electron chi connectivity index (χ4n) is 2.34. The van der Waals surface area contributed by atoms with Crippen molar-refractivity contribution < 1.29 is 14.7 Å². The highest BCUT2D eigenvalue weighted by Gasteiger charge is 2.21. The second-order valence-corrected chi connectivity index (χ2v) is 7.77. The Morgan fingerprint density at radius 1 is 1.43 bits per heavy atom. The molecule has 1 aromatic rings. The minimum atomic E-state index is -0.938. The fraction of sp³-hybridized carbons (Fsp3) is 0.529. The molecule has 0 radical (unpaired) electrons. The second kappa shape index (κ2) is 7.05. The SMILES string of the molecule is CC(C)(C)C#Cc1cc(NC2CCN(C=O)CC2)c(C(=O)O)s1. The number of nitrogens with zero attached hydrogens (tertiary/aromatic N) is 1. The molecule has 0 saturated carbocycles. The van der Waals surface area contributed by atoms with E-state index in [4.69, 9.17) is 0 Å². The summed E-state index contributed by atoms with van der Waals surface area (Å²) in [6.45, 7) is 7.46. The first-order valence-electron chi connectivity index (χ1n) is 7.64. The number of hydrogen-bond acceptors (Lipinski definition) is 4. The third-order valence-corrected chi connectivity index (χ3v) is 4.56. The van der Waals surface area contributed by atoms with Crippen LogP contribution in [0, 0.1) is 17.3 Å². The highest BCUT2D eigenvalue weighted by Crippen LogP contribution is 2.29. The molecule has 0 atom stereocenters. The number of rotatable bonds is 4. The molecule has 1 amide bonds. The van der Waals surface area contributed by atoms with Crippen molar-refractivity contribution in [2.75, 3.05) is 18.4 Å². The van der Waals surface area contributed by atoms with E-state index in [0.717, 1.165) is 24.1 Å². The van der Waals surface area contributed by atoms with Gasteiger partial charge in [0.15, 0.2) is 0 Å². The Labute approximate surface area is 140 Å². The Balaban J connectivity index is 2.14. The van der Waals surface area contributed by atoms with E-state index in [9.17, 15) is 14.7 Å². The van der Waals surface area contributed by atoms with Crippen molar-refractivity contribution in [2.24, 2.45) is 5.41 Å². The Morgan fingerprint density at radius 3 is 2.61 bits per heavy atom. The second-order valence-electron chi connectivity index (χ2n) is 6.72. The molecule has 1 aromatic heterocycles. The molecular formula is C17H22N2O3S. The van der Waals surface area contributed by atoms with E-state index >= 15 is 0 Å². The molecule has 0 spiro atoms. The lowest BCUT2D eigenvalue weighted by atomic mass is 9.98. The van der Waals surface area contributed by atoms with Gasteiger partial charge in [-0.1, -0.05) is 11.8 Å². The number of carboxylic acids is 1. The number of likely N-dealkylation sites (tertiary alicyclic amines) is 1. The molecule has 6 heteroatoms. The lowest BCUT2D eigenvalue weighted by molar-refractivity contribution is -0.118. The van der Waals surface area contributed by atoms with Gasteiger partial charge < -0.3 is 15.3 Å². The maximum atomic E-state index is 11.4. The zero-order valence-corrected chi connectivity index (χ0v) is 14.5. The first-order valence-corrected chi connectivity index (χ1v) is 8.46. The summed E-state index contributed by atoms with van der Waals surface area (Å²) in [7, 11) is 0. The molecule has 0 bridgehead atoms. The Hall–Kier alpha value is -2.00. The van der Waals surface area contributed by atoms with Gasteiger partial charge in [0.2, 0.25) is 6.41 Å². The summed E-state index contributed by atoms with van der Waals surface area (Å²) in [6.07, 6.45) is 2.50. The zero-order valence-electron chi connectivity index (χ0n) is 13.7. The molecule has 2 N–H and O–H groups in total. The average Bonchev–Trinajstić information content (AvgIpc) is 2.88. The van der Waals surface area contributed by atoms with Gasteiger partial charge in [-0.2, -0.15) is 0 Å². The molecule has 0 unspecified atom stereocenters. The summed E-state index contributed by atoms with van der Waals surface area (Å²) in [5.41, 5.74) is 0.507. The molecular weight excluding hydrogens is 312 g/mol. The van der Waals surface area contributed by atoms with Crippen molar-refractivity contribution in [3.63, 3.8) is 0 Å². The molecule has 1 aliphatic rings. The number of carbonyl (C=O) groups is 2. The van der Waals surface area contributed by atoms with Crippen LogP contribution in [-0.4, -0.2) is 41.5 Å². The van der Waals surface area contributed by atoms with Crippen LogP contribution in [0.15, 0.2) is 6.07 Å². The first kappa shape index (κ1) is 17.4. The van der Waals surface area contributed by atoms with Crippen LogP contribution in [-0.2, 0) is 4.79 Å². The fourth-order valence-corrected chi connectivity index (χ4v) is 3.15. The summed E-state index contributed by atoms with van der Waals surface area (Å²) >= 11 is 1.20. The van der Waals surface area contributed by atoms with Crippen LogP contribution < -0.4 is 5.32 Å². The average molecular weight is 334 g/mol. The Kier molecular flexibility index (Phi) is 5.32. The summed E-state index contributed by atoms with van der Waals surface area (Å²) in [4.78, 5) is 25.0. The highest BCUT2D eigenvalue weighted by molar-refractivity contribution is 7.15. The molecule has 1 aliphatic heterocycles. The van der Waals surface area contributed by atoms with Gasteiger partial charge in [0.05, 0.1) is 10.6 Å². The number of aromatic carboxylic acids is 1. The molecule has 1 saturated heterocycles. The zero-order chi connectivity index (χ0) is 17.0. The molecule has 0 aliphatic carbocycles. The molecule has 0 aromatic carbocycles. The van der Waals surface area contributed by atoms with E-state index in [1.54, 1.807) is 4.90 Å². The third-order valence-electron chi connectivity index (χ3n) is 3.53. The summed E-state index contributed by atoms with van der Waals surface area (Å²) in [5.74, 6) is 5.25. The Morgan fingerprint density at radius 2 is 2.09 bits per heavy atom. The van der Waals surface area contributed by atoms with Crippen molar-refractivity contribution in [1.29, 1.82) is 0 Å². The van der Waals surface area contributed by atoms with Crippen molar-refractivity contribution in [2.45, 2.75) is 39.7 Å². The van der Waals surface area contributed by atoms with Gasteiger partial charge in [0, 0.05) is 24.5 Å². The van der Waals surface area contributed by atoms with Gasteiger partial charge in [-0.3, -0.25) is 4.79 Å². The normalized spacial score (nSPS) is 15.7. The third kappa shape index (κ3) is 5.00. The van der Waals surface area contributed by atoms with Gasteiger partial charge >= 0.3 is 5.97 Å². The number of carboxylic acid groups (broad SMARTS) is 1. The molecule has 2 heterocycles. The summed E-state index contributed by atoms with van der Waals surface area (Å²) in [5, 5.41) is 12.7. The number of amides is 1. The molecule has 23 heavy (non-hydrogen) atoms. The van der Waals surface area contributed by atoms with Gasteiger partial charge in [0.1, 0.15) is 4.88 Å². The van der Waals surface area contributed by atoms with Crippen LogP contribution in [0.2, 0.25) is 0 Å². The minimum Gasteiger partial charge on any atom is -0.477 e.